The average molecular weight is 438 g/mol. The van der Waals surface area contributed by atoms with Crippen LogP contribution in [0.5, 0.6) is 5.75 Å². The Balaban J connectivity index is 1.62. The van der Waals surface area contributed by atoms with Crippen molar-refractivity contribution >= 4 is 11.8 Å². The smallest absolute Gasteiger partial charge is 0.246 e. The van der Waals surface area contributed by atoms with Gasteiger partial charge in [-0.15, -0.1) is 0 Å². The lowest BCUT2D eigenvalue weighted by Crippen LogP contribution is -2.64. The van der Waals surface area contributed by atoms with Gasteiger partial charge in [0.1, 0.15) is 18.2 Å². The summed E-state index contributed by atoms with van der Waals surface area (Å²) in [5.74, 6) is 0.0746. The zero-order chi connectivity index (χ0) is 22.3. The van der Waals surface area contributed by atoms with E-state index in [2.05, 4.69) is 5.32 Å². The number of benzene rings is 2. The number of halogens is 1. The van der Waals surface area contributed by atoms with Crippen LogP contribution in [0.25, 0.3) is 11.1 Å². The van der Waals surface area contributed by atoms with Gasteiger partial charge in [-0.25, -0.2) is 4.39 Å². The minimum Gasteiger partial charge on any atom is -0.493 e. The molecule has 3 heterocycles. The summed E-state index contributed by atoms with van der Waals surface area (Å²) in [6.07, 6.45) is 1.76. The van der Waals surface area contributed by atoms with E-state index in [9.17, 15) is 9.59 Å². The molecule has 6 nitrogen and oxygen atoms in total. The van der Waals surface area contributed by atoms with Gasteiger partial charge in [0.2, 0.25) is 11.8 Å². The van der Waals surface area contributed by atoms with Gasteiger partial charge in [-0.1, -0.05) is 36.4 Å². The van der Waals surface area contributed by atoms with E-state index in [1.54, 1.807) is 12.1 Å². The molecular formula is C25H27FN2O4. The van der Waals surface area contributed by atoms with Crippen LogP contribution in [-0.2, 0) is 20.7 Å². The highest BCUT2D eigenvalue weighted by Crippen LogP contribution is 2.40. The summed E-state index contributed by atoms with van der Waals surface area (Å²) < 4.78 is 27.4. The lowest BCUT2D eigenvalue weighted by atomic mass is 9.84. The Morgan fingerprint density at radius 1 is 1.12 bits per heavy atom. The van der Waals surface area contributed by atoms with Crippen LogP contribution in [0, 0.1) is 5.82 Å². The molecule has 5 rings (SSSR count). The quantitative estimate of drug-likeness (QED) is 0.687. The van der Waals surface area contributed by atoms with Gasteiger partial charge in [-0.05, 0) is 37.8 Å². The first-order valence-corrected chi connectivity index (χ1v) is 11.2. The average Bonchev–Trinajstić information content (AvgIpc) is 3.02. The normalized spacial score (nSPS) is 28.0. The van der Waals surface area contributed by atoms with Crippen molar-refractivity contribution in [3.05, 3.63) is 53.8 Å². The molecule has 3 aliphatic rings. The second-order valence-electron chi connectivity index (χ2n) is 9.00. The SMILES string of the molecule is C[C@@H]1CC2(COCC(=O)N2)C2Cc3cccc(c3F)-c3ccccc3OCCCC(=O)N21. The molecule has 3 aliphatic heterocycles. The maximum Gasteiger partial charge on any atom is 0.246 e. The molecule has 0 aromatic heterocycles. The van der Waals surface area contributed by atoms with Gasteiger partial charge in [0.05, 0.1) is 24.8 Å². The van der Waals surface area contributed by atoms with Gasteiger partial charge in [0.15, 0.2) is 0 Å². The maximum atomic E-state index is 15.8. The molecule has 2 unspecified atom stereocenters. The number of nitrogens with zero attached hydrogens (tertiary/aromatic N) is 1. The lowest BCUT2D eigenvalue weighted by molar-refractivity contribution is -0.140. The van der Waals surface area contributed by atoms with Crippen molar-refractivity contribution in [3.63, 3.8) is 0 Å². The Labute approximate surface area is 186 Å². The maximum absolute atomic E-state index is 15.8. The van der Waals surface area contributed by atoms with Gasteiger partial charge in [0.25, 0.3) is 0 Å². The largest absolute Gasteiger partial charge is 0.493 e. The van der Waals surface area contributed by atoms with Crippen molar-refractivity contribution in [2.24, 2.45) is 0 Å². The van der Waals surface area contributed by atoms with Crippen molar-refractivity contribution in [3.8, 4) is 16.9 Å². The van der Waals surface area contributed by atoms with Gasteiger partial charge >= 0.3 is 0 Å². The Bertz CT molecular complexity index is 1060. The van der Waals surface area contributed by atoms with Crippen molar-refractivity contribution in [1.82, 2.24) is 10.2 Å². The molecule has 2 amide bonds. The molecule has 32 heavy (non-hydrogen) atoms. The summed E-state index contributed by atoms with van der Waals surface area (Å²) in [6.45, 7) is 2.67. The number of amides is 2. The molecule has 2 aromatic rings. The number of hydrogen-bond donors (Lipinski definition) is 1. The van der Waals surface area contributed by atoms with Gasteiger partial charge < -0.3 is 19.7 Å². The van der Waals surface area contributed by atoms with E-state index < -0.39 is 11.6 Å². The van der Waals surface area contributed by atoms with E-state index in [1.807, 2.05) is 42.2 Å². The standard InChI is InChI=1S/C25H27FN2O4/c1-16-13-25(15-31-14-22(29)27-25)21-12-17-6-4-8-19(24(17)26)18-7-2-3-9-20(18)32-11-5-10-23(30)28(16)21/h2-4,6-9,16,21H,5,10-15H2,1H3,(H,27,29)/t16-,21?,25?/m1/s1. The first-order valence-electron chi connectivity index (χ1n) is 11.2. The van der Waals surface area contributed by atoms with Crippen molar-refractivity contribution in [2.75, 3.05) is 19.8 Å². The molecule has 2 fully saturated rings. The first kappa shape index (κ1) is 20.9. The first-order chi connectivity index (χ1) is 15.5. The molecular weight excluding hydrogens is 411 g/mol. The summed E-state index contributed by atoms with van der Waals surface area (Å²) in [5.41, 5.74) is 0.950. The van der Waals surface area contributed by atoms with Crippen LogP contribution >= 0.6 is 0 Å². The Kier molecular flexibility index (Phi) is 5.37. The Morgan fingerprint density at radius 3 is 2.78 bits per heavy atom. The summed E-state index contributed by atoms with van der Waals surface area (Å²) in [7, 11) is 0. The van der Waals surface area contributed by atoms with E-state index in [4.69, 9.17) is 9.47 Å². The van der Waals surface area contributed by atoms with Crippen LogP contribution in [0.2, 0.25) is 0 Å². The van der Waals surface area contributed by atoms with Crippen molar-refractivity contribution in [1.29, 1.82) is 0 Å². The van der Waals surface area contributed by atoms with Gasteiger partial charge in [-0.3, -0.25) is 9.59 Å². The number of hydrogen-bond acceptors (Lipinski definition) is 4. The van der Waals surface area contributed by atoms with Crippen molar-refractivity contribution < 1.29 is 23.5 Å². The third kappa shape index (κ3) is 3.54. The minimum absolute atomic E-state index is 0.00751. The zero-order valence-corrected chi connectivity index (χ0v) is 18.1. The number of morpholine rings is 1. The van der Waals surface area contributed by atoms with Crippen molar-refractivity contribution in [2.45, 2.75) is 50.2 Å². The molecule has 168 valence electrons. The van der Waals surface area contributed by atoms with Gasteiger partial charge in [-0.2, -0.15) is 0 Å². The number of para-hydroxylation sites is 1. The minimum atomic E-state index is -0.721. The highest BCUT2D eigenvalue weighted by atomic mass is 19.1. The van der Waals surface area contributed by atoms with Crippen LogP contribution in [0.1, 0.15) is 31.7 Å². The second-order valence-corrected chi connectivity index (χ2v) is 9.00. The highest BCUT2D eigenvalue weighted by molar-refractivity contribution is 5.81. The molecule has 7 heteroatoms. The third-order valence-corrected chi connectivity index (χ3v) is 6.84. The number of fused-ring (bicyclic) bond motifs is 6. The molecule has 1 N–H and O–H groups in total. The van der Waals surface area contributed by atoms with E-state index in [-0.39, 0.29) is 30.3 Å². The van der Waals surface area contributed by atoms with E-state index >= 15 is 4.39 Å². The molecule has 0 radical (unpaired) electrons. The topological polar surface area (TPSA) is 67.9 Å². The molecule has 1 spiro atoms. The van der Waals surface area contributed by atoms with Gasteiger partial charge in [0, 0.05) is 23.6 Å². The summed E-state index contributed by atoms with van der Waals surface area (Å²) in [4.78, 5) is 27.4. The van der Waals surface area contributed by atoms with Crippen LogP contribution in [0.3, 0.4) is 0 Å². The molecule has 2 saturated heterocycles. The summed E-state index contributed by atoms with van der Waals surface area (Å²) in [6, 6.07) is 12.2. The molecule has 0 saturated carbocycles. The fraction of sp³-hybridized carbons (Fsp3) is 0.440. The molecule has 0 aliphatic carbocycles. The predicted molar refractivity (Wildman–Crippen MR) is 117 cm³/mol. The van der Waals surface area contributed by atoms with Crippen LogP contribution in [0.15, 0.2) is 42.5 Å². The lowest BCUT2D eigenvalue weighted by Gasteiger charge is -2.41. The summed E-state index contributed by atoms with van der Waals surface area (Å²) in [5, 5.41) is 3.10. The Hall–Kier alpha value is -2.93. The molecule has 3 atom stereocenters. The van der Waals surface area contributed by atoms with Crippen LogP contribution in [-0.4, -0.2) is 54.2 Å². The third-order valence-electron chi connectivity index (χ3n) is 6.84. The zero-order valence-electron chi connectivity index (χ0n) is 18.1. The van der Waals surface area contributed by atoms with E-state index in [1.165, 1.54) is 0 Å². The monoisotopic (exact) mass is 438 g/mol. The molecule has 2 bridgehead atoms. The van der Waals surface area contributed by atoms with E-state index in [0.717, 1.165) is 0 Å². The Morgan fingerprint density at radius 2 is 1.94 bits per heavy atom. The van der Waals surface area contributed by atoms with Crippen LogP contribution < -0.4 is 10.1 Å². The highest BCUT2D eigenvalue weighted by Gasteiger charge is 2.54. The summed E-state index contributed by atoms with van der Waals surface area (Å²) >= 11 is 0. The van der Waals surface area contributed by atoms with Crippen LogP contribution in [0.4, 0.5) is 4.39 Å². The number of rotatable bonds is 0. The number of carbonyl (C=O) groups is 2. The molecule has 2 aromatic carbocycles. The second kappa shape index (κ2) is 8.20. The number of carbonyl (C=O) groups excluding carboxylic acids is 2. The fourth-order valence-electron chi connectivity index (χ4n) is 5.52. The number of nitrogens with one attached hydrogen (secondary N) is 1. The predicted octanol–water partition coefficient (Wildman–Crippen LogP) is 3.08. The fourth-order valence-corrected chi connectivity index (χ4v) is 5.52. The van der Waals surface area contributed by atoms with E-state index in [0.29, 0.717) is 61.3 Å². The number of ether oxygens (including phenoxy) is 2.